The zero-order valence-corrected chi connectivity index (χ0v) is 31.8. The molecule has 3 aromatic rings. The maximum absolute atomic E-state index is 14.0. The number of carbonyl (C=O) groups is 1. The first-order valence-corrected chi connectivity index (χ1v) is 19.4. The van der Waals surface area contributed by atoms with Crippen LogP contribution in [-0.4, -0.2) is 89.5 Å². The second-order valence-electron chi connectivity index (χ2n) is 14.6. The van der Waals surface area contributed by atoms with Crippen LogP contribution in [0.4, 0.5) is 5.82 Å². The molecule has 2 fully saturated rings. The first-order valence-electron chi connectivity index (χ1n) is 18.2. The van der Waals surface area contributed by atoms with Crippen molar-refractivity contribution in [1.82, 2.24) is 20.2 Å². The van der Waals surface area contributed by atoms with E-state index in [9.17, 15) is 14.7 Å². The number of aromatic nitrogens is 2. The number of anilines is 1. The number of ether oxygens (including phenoxy) is 3. The highest BCUT2D eigenvalue weighted by molar-refractivity contribution is 7.98. The lowest BCUT2D eigenvalue weighted by Gasteiger charge is -2.40. The normalized spacial score (nSPS) is 24.6. The summed E-state index contributed by atoms with van der Waals surface area (Å²) in [6, 6.07) is 8.30. The standard InChI is InChI=1S/C39H53N5O6S/c1-23-17-33(51-7)32(38(47)42-23)20-41-37(46)30-18-31(27-9-14-34(40-19-27)44-21-24(2)48-25(3)22-44)36-35(26(30)4)49-39(5,50-36)28-10-12-29(13-11-28)43(6)15-8-16-45/h9,14,17-19,24-25,28-29,45H,8,10-13,15-16,20-22H2,1-7H3,(H,41,46)(H,42,47)/t24-,25+,28?,29?,39?. The van der Waals surface area contributed by atoms with Gasteiger partial charge in [0.15, 0.2) is 11.5 Å². The lowest BCUT2D eigenvalue weighted by atomic mass is 9.81. The van der Waals surface area contributed by atoms with E-state index in [0.29, 0.717) is 34.2 Å². The Bertz CT molecular complexity index is 1770. The molecule has 276 valence electrons. The molecular weight excluding hydrogens is 667 g/mol. The highest BCUT2D eigenvalue weighted by Crippen LogP contribution is 2.53. The van der Waals surface area contributed by atoms with Crippen molar-refractivity contribution >= 4 is 23.5 Å². The summed E-state index contributed by atoms with van der Waals surface area (Å²) in [6.07, 6.45) is 8.68. The monoisotopic (exact) mass is 719 g/mol. The van der Waals surface area contributed by atoms with Crippen molar-refractivity contribution in [3.63, 3.8) is 0 Å². The molecule has 12 heteroatoms. The number of carbonyl (C=O) groups excluding carboxylic acids is 1. The minimum absolute atomic E-state index is 0.0915. The van der Waals surface area contributed by atoms with Gasteiger partial charge in [-0.2, -0.15) is 0 Å². The van der Waals surface area contributed by atoms with Crippen LogP contribution in [0.15, 0.2) is 40.2 Å². The molecule has 3 aliphatic rings. The second-order valence-corrected chi connectivity index (χ2v) is 15.5. The van der Waals surface area contributed by atoms with Gasteiger partial charge in [-0.25, -0.2) is 4.98 Å². The molecule has 4 heterocycles. The fourth-order valence-corrected chi connectivity index (χ4v) is 8.65. The molecule has 1 saturated carbocycles. The van der Waals surface area contributed by atoms with E-state index in [2.05, 4.69) is 41.0 Å². The molecule has 0 radical (unpaired) electrons. The summed E-state index contributed by atoms with van der Waals surface area (Å²) < 4.78 is 19.6. The van der Waals surface area contributed by atoms with Gasteiger partial charge in [0.2, 0.25) is 0 Å². The maximum Gasteiger partial charge on any atom is 0.254 e. The summed E-state index contributed by atoms with van der Waals surface area (Å²) in [4.78, 5) is 40.0. The fourth-order valence-electron chi connectivity index (χ4n) is 7.94. The van der Waals surface area contributed by atoms with Crippen LogP contribution in [0.5, 0.6) is 11.5 Å². The quantitative estimate of drug-likeness (QED) is 0.213. The van der Waals surface area contributed by atoms with E-state index in [-0.39, 0.29) is 42.7 Å². The van der Waals surface area contributed by atoms with Crippen molar-refractivity contribution in [1.29, 1.82) is 0 Å². The smallest absolute Gasteiger partial charge is 0.254 e. The topological polar surface area (TPSA) is 129 Å². The first kappa shape index (κ1) is 37.2. The average Bonchev–Trinajstić information content (AvgIpc) is 3.48. The van der Waals surface area contributed by atoms with Crippen molar-refractivity contribution in [2.75, 3.05) is 44.4 Å². The van der Waals surface area contributed by atoms with Gasteiger partial charge in [-0.15, -0.1) is 11.8 Å². The van der Waals surface area contributed by atoms with Crippen LogP contribution < -0.4 is 25.2 Å². The Labute approximate surface area is 305 Å². The first-order chi connectivity index (χ1) is 24.4. The van der Waals surface area contributed by atoms with Gasteiger partial charge in [0.05, 0.1) is 12.2 Å². The number of aromatic amines is 1. The molecule has 1 amide bonds. The number of pyridine rings is 2. The van der Waals surface area contributed by atoms with E-state index in [1.165, 1.54) is 11.8 Å². The number of hydrogen-bond donors (Lipinski definition) is 3. The molecule has 1 saturated heterocycles. The summed E-state index contributed by atoms with van der Waals surface area (Å²) in [6.45, 7) is 12.6. The van der Waals surface area contributed by atoms with E-state index in [4.69, 9.17) is 19.2 Å². The number of benzene rings is 1. The Hall–Kier alpha value is -3.58. The summed E-state index contributed by atoms with van der Waals surface area (Å²) >= 11 is 1.48. The molecule has 1 aliphatic carbocycles. The van der Waals surface area contributed by atoms with Gasteiger partial charge in [0.1, 0.15) is 5.82 Å². The van der Waals surface area contributed by atoms with E-state index >= 15 is 0 Å². The Kier molecular flexibility index (Phi) is 11.4. The SMILES string of the molecule is CSc1cc(C)[nH]c(=O)c1CNC(=O)c1cc(-c2ccc(N3C[C@@H](C)O[C@@H](C)C3)nc2)c2c(c1C)OC(C)(C1CCC(N(C)CCCO)CC1)O2. The van der Waals surface area contributed by atoms with E-state index in [1.54, 1.807) is 0 Å². The molecule has 51 heavy (non-hydrogen) atoms. The van der Waals surface area contributed by atoms with Crippen molar-refractivity contribution in [2.24, 2.45) is 5.92 Å². The summed E-state index contributed by atoms with van der Waals surface area (Å²) in [7, 11) is 2.14. The van der Waals surface area contributed by atoms with Crippen LogP contribution in [0.1, 0.15) is 80.1 Å². The van der Waals surface area contributed by atoms with Crippen LogP contribution in [0.25, 0.3) is 11.1 Å². The third-order valence-electron chi connectivity index (χ3n) is 10.7. The Morgan fingerprint density at radius 3 is 2.47 bits per heavy atom. The molecule has 3 N–H and O–H groups in total. The molecule has 0 spiro atoms. The molecular formula is C39H53N5O6S. The van der Waals surface area contributed by atoms with Crippen molar-refractivity contribution < 1.29 is 24.1 Å². The minimum atomic E-state index is -0.901. The summed E-state index contributed by atoms with van der Waals surface area (Å²) in [5.41, 5.74) is 3.80. The number of nitrogens with zero attached hydrogens (tertiary/aromatic N) is 3. The van der Waals surface area contributed by atoms with Crippen LogP contribution in [0, 0.1) is 19.8 Å². The number of H-pyrrole nitrogens is 1. The van der Waals surface area contributed by atoms with Crippen molar-refractivity contribution in [3.8, 4) is 22.6 Å². The highest BCUT2D eigenvalue weighted by atomic mass is 32.2. The average molecular weight is 720 g/mol. The fraction of sp³-hybridized carbons (Fsp3) is 0.564. The van der Waals surface area contributed by atoms with Gasteiger partial charge >= 0.3 is 0 Å². The highest BCUT2D eigenvalue weighted by Gasteiger charge is 2.48. The van der Waals surface area contributed by atoms with Crippen LogP contribution in [0.2, 0.25) is 0 Å². The number of fused-ring (bicyclic) bond motifs is 1. The number of thioether (sulfide) groups is 1. The summed E-state index contributed by atoms with van der Waals surface area (Å²) in [5, 5.41) is 12.3. The molecule has 6 rings (SSSR count). The Morgan fingerprint density at radius 2 is 1.82 bits per heavy atom. The number of morpholine rings is 1. The number of hydrogen-bond acceptors (Lipinski definition) is 10. The Morgan fingerprint density at radius 1 is 1.12 bits per heavy atom. The number of amides is 1. The lowest BCUT2D eigenvalue weighted by Crippen LogP contribution is -2.47. The summed E-state index contributed by atoms with van der Waals surface area (Å²) in [5.74, 6) is 1.02. The molecule has 0 bridgehead atoms. The van der Waals surface area contributed by atoms with Crippen LogP contribution >= 0.6 is 11.8 Å². The minimum Gasteiger partial charge on any atom is -0.448 e. The van der Waals surface area contributed by atoms with Crippen molar-refractivity contribution in [2.45, 2.75) is 102 Å². The zero-order valence-electron chi connectivity index (χ0n) is 31.0. The molecule has 3 atom stereocenters. The largest absolute Gasteiger partial charge is 0.448 e. The molecule has 2 aliphatic heterocycles. The van der Waals surface area contributed by atoms with E-state index < -0.39 is 5.79 Å². The number of aryl methyl sites for hydroxylation is 1. The molecule has 1 unspecified atom stereocenters. The number of aliphatic hydroxyl groups is 1. The molecule has 11 nitrogen and oxygen atoms in total. The van der Waals surface area contributed by atoms with Crippen LogP contribution in [-0.2, 0) is 11.3 Å². The van der Waals surface area contributed by atoms with Gasteiger partial charge in [-0.1, -0.05) is 0 Å². The van der Waals surface area contributed by atoms with E-state index in [1.807, 2.05) is 57.5 Å². The predicted octanol–water partition coefficient (Wildman–Crippen LogP) is 5.68. The van der Waals surface area contributed by atoms with Crippen LogP contribution in [0.3, 0.4) is 0 Å². The van der Waals surface area contributed by atoms with Gasteiger partial charge in [0, 0.05) is 96.3 Å². The lowest BCUT2D eigenvalue weighted by molar-refractivity contribution is -0.123. The number of rotatable bonds is 11. The second kappa shape index (κ2) is 15.6. The van der Waals surface area contributed by atoms with Gasteiger partial charge in [0.25, 0.3) is 17.3 Å². The number of aliphatic hydroxyl groups excluding tert-OH is 1. The Balaban J connectivity index is 1.30. The van der Waals surface area contributed by atoms with Gasteiger partial charge in [-0.3, -0.25) is 9.59 Å². The van der Waals surface area contributed by atoms with E-state index in [0.717, 1.165) is 79.3 Å². The molecule has 1 aromatic carbocycles. The predicted molar refractivity (Wildman–Crippen MR) is 201 cm³/mol. The maximum atomic E-state index is 14.0. The van der Waals surface area contributed by atoms with Gasteiger partial charge < -0.3 is 39.4 Å². The third kappa shape index (κ3) is 7.94. The third-order valence-corrected chi connectivity index (χ3v) is 11.6. The van der Waals surface area contributed by atoms with Crippen molar-refractivity contribution in [3.05, 3.63) is 63.2 Å². The zero-order chi connectivity index (χ0) is 36.4. The van der Waals surface area contributed by atoms with Gasteiger partial charge in [-0.05, 0) is 97.4 Å². The number of nitrogens with one attached hydrogen (secondary N) is 2. The molecule has 2 aromatic heterocycles.